The predicted molar refractivity (Wildman–Crippen MR) is 126 cm³/mol. The van der Waals surface area contributed by atoms with Crippen LogP contribution in [0, 0.1) is 0 Å². The largest absolute Gasteiger partial charge is 0.493 e. The second kappa shape index (κ2) is 9.63. The zero-order chi connectivity index (χ0) is 22.7. The smallest absolute Gasteiger partial charge is 0.256 e. The van der Waals surface area contributed by atoms with E-state index in [2.05, 4.69) is 5.32 Å². The molecule has 0 saturated carbocycles. The number of methoxy groups -OCH3 is 1. The van der Waals surface area contributed by atoms with E-state index in [0.29, 0.717) is 32.6 Å². The number of hydrogen-bond donors (Lipinski definition) is 2. The molecule has 6 nitrogen and oxygen atoms in total. The van der Waals surface area contributed by atoms with Crippen molar-refractivity contribution in [1.29, 1.82) is 0 Å². The zero-order valence-corrected chi connectivity index (χ0v) is 19.1. The molecule has 0 saturated heterocycles. The van der Waals surface area contributed by atoms with Gasteiger partial charge in [0.1, 0.15) is 11.6 Å². The van der Waals surface area contributed by atoms with Gasteiger partial charge in [-0.25, -0.2) is 0 Å². The Morgan fingerprint density at radius 1 is 1.12 bits per heavy atom. The van der Waals surface area contributed by atoms with Crippen LogP contribution in [0.4, 0.5) is 5.00 Å². The summed E-state index contributed by atoms with van der Waals surface area (Å²) in [6.07, 6.45) is 3.81. The maximum Gasteiger partial charge on any atom is 0.256 e. The van der Waals surface area contributed by atoms with Gasteiger partial charge in [-0.1, -0.05) is 29.8 Å². The number of amides is 2. The lowest BCUT2D eigenvalue weighted by Crippen LogP contribution is -2.18. The molecule has 0 aliphatic heterocycles. The van der Waals surface area contributed by atoms with Gasteiger partial charge in [0.15, 0.2) is 11.5 Å². The lowest BCUT2D eigenvalue weighted by atomic mass is 9.95. The van der Waals surface area contributed by atoms with Crippen LogP contribution >= 0.6 is 22.9 Å². The van der Waals surface area contributed by atoms with Crippen LogP contribution in [-0.2, 0) is 19.4 Å². The van der Waals surface area contributed by atoms with Crippen molar-refractivity contribution in [1.82, 2.24) is 0 Å². The van der Waals surface area contributed by atoms with Gasteiger partial charge in [0.05, 0.1) is 12.7 Å². The number of benzene rings is 2. The molecular formula is C24H23ClN2O4S. The average molecular weight is 471 g/mol. The number of primary amides is 1. The number of nitrogens with one attached hydrogen (secondary N) is 1. The van der Waals surface area contributed by atoms with Gasteiger partial charge in [-0.05, 0) is 55.5 Å². The summed E-state index contributed by atoms with van der Waals surface area (Å²) >= 11 is 7.62. The molecule has 166 valence electrons. The molecule has 4 rings (SSSR count). The molecule has 1 heterocycles. The van der Waals surface area contributed by atoms with Crippen LogP contribution in [-0.4, -0.2) is 18.9 Å². The van der Waals surface area contributed by atoms with E-state index in [1.165, 1.54) is 18.4 Å². The first-order chi connectivity index (χ1) is 15.5. The summed E-state index contributed by atoms with van der Waals surface area (Å²) in [5, 5.41) is 3.99. The molecule has 0 spiro atoms. The summed E-state index contributed by atoms with van der Waals surface area (Å²) in [7, 11) is 1.51. The highest BCUT2D eigenvalue weighted by atomic mass is 35.5. The van der Waals surface area contributed by atoms with Crippen molar-refractivity contribution in [3.05, 3.63) is 74.6 Å². The molecule has 1 aromatic heterocycles. The summed E-state index contributed by atoms with van der Waals surface area (Å²) in [5.74, 6) is 0.0568. The van der Waals surface area contributed by atoms with Crippen molar-refractivity contribution in [2.45, 2.75) is 32.3 Å². The molecule has 32 heavy (non-hydrogen) atoms. The van der Waals surface area contributed by atoms with E-state index in [4.69, 9.17) is 26.8 Å². The Morgan fingerprint density at radius 2 is 1.91 bits per heavy atom. The standard InChI is InChI=1S/C24H23ClN2O4S/c1-30-19-12-14(10-11-18(19)31-13-15-6-2-4-8-17(15)25)23(29)27-24-21(22(26)28)16-7-3-5-9-20(16)32-24/h2,4,6,8,10-12H,3,5,7,9,13H2,1H3,(H2,26,28)(H,27,29). The molecule has 0 unspecified atom stereocenters. The average Bonchev–Trinajstić information content (AvgIpc) is 3.16. The Hall–Kier alpha value is -3.03. The van der Waals surface area contributed by atoms with Gasteiger partial charge in [-0.3, -0.25) is 9.59 Å². The van der Waals surface area contributed by atoms with E-state index in [1.807, 2.05) is 18.2 Å². The Bertz CT molecular complexity index is 1170. The van der Waals surface area contributed by atoms with Crippen LogP contribution in [0.15, 0.2) is 42.5 Å². The van der Waals surface area contributed by atoms with Crippen molar-refractivity contribution in [3.63, 3.8) is 0 Å². The van der Waals surface area contributed by atoms with E-state index in [-0.39, 0.29) is 12.5 Å². The fourth-order valence-corrected chi connectivity index (χ4v) is 5.27. The highest BCUT2D eigenvalue weighted by molar-refractivity contribution is 7.17. The van der Waals surface area contributed by atoms with E-state index >= 15 is 0 Å². The molecule has 3 aromatic rings. The van der Waals surface area contributed by atoms with Crippen LogP contribution in [0.25, 0.3) is 0 Å². The maximum atomic E-state index is 12.9. The van der Waals surface area contributed by atoms with E-state index < -0.39 is 5.91 Å². The van der Waals surface area contributed by atoms with Crippen molar-refractivity contribution >= 4 is 39.8 Å². The molecule has 2 amide bonds. The van der Waals surface area contributed by atoms with Crippen molar-refractivity contribution in [3.8, 4) is 11.5 Å². The molecule has 0 atom stereocenters. The van der Waals surface area contributed by atoms with Crippen molar-refractivity contribution < 1.29 is 19.1 Å². The third kappa shape index (κ3) is 4.59. The lowest BCUT2D eigenvalue weighted by molar-refractivity contribution is 0.100. The second-order valence-electron chi connectivity index (χ2n) is 7.48. The topological polar surface area (TPSA) is 90.6 Å². The second-order valence-corrected chi connectivity index (χ2v) is 8.99. The normalized spacial score (nSPS) is 12.7. The number of nitrogens with two attached hydrogens (primary N) is 1. The van der Waals surface area contributed by atoms with Gasteiger partial charge < -0.3 is 20.5 Å². The number of thiophene rings is 1. The number of anilines is 1. The van der Waals surface area contributed by atoms with Crippen LogP contribution in [0.2, 0.25) is 5.02 Å². The van der Waals surface area contributed by atoms with Gasteiger partial charge in [-0.2, -0.15) is 0 Å². The molecule has 2 aromatic carbocycles. The van der Waals surface area contributed by atoms with Crippen LogP contribution in [0.5, 0.6) is 11.5 Å². The summed E-state index contributed by atoms with van der Waals surface area (Å²) in [6, 6.07) is 12.4. The highest BCUT2D eigenvalue weighted by Gasteiger charge is 2.25. The summed E-state index contributed by atoms with van der Waals surface area (Å²) in [5.41, 5.74) is 8.27. The number of aryl methyl sites for hydroxylation is 1. The van der Waals surface area contributed by atoms with Crippen molar-refractivity contribution in [2.75, 3.05) is 12.4 Å². The monoisotopic (exact) mass is 470 g/mol. The minimum absolute atomic E-state index is 0.268. The molecule has 1 aliphatic rings. The van der Waals surface area contributed by atoms with E-state index in [0.717, 1.165) is 41.7 Å². The molecule has 0 bridgehead atoms. The SMILES string of the molecule is COc1cc(C(=O)Nc2sc3c(c2C(N)=O)CCCC3)ccc1OCc1ccccc1Cl. The Labute approximate surface area is 195 Å². The van der Waals surface area contributed by atoms with Gasteiger partial charge >= 0.3 is 0 Å². The molecule has 8 heteroatoms. The summed E-state index contributed by atoms with van der Waals surface area (Å²) in [4.78, 5) is 26.1. The quantitative estimate of drug-likeness (QED) is 0.495. The fraction of sp³-hybridized carbons (Fsp3) is 0.250. The number of halogens is 1. The van der Waals surface area contributed by atoms with Crippen LogP contribution in [0.3, 0.4) is 0 Å². The first-order valence-electron chi connectivity index (χ1n) is 10.3. The lowest BCUT2D eigenvalue weighted by Gasteiger charge is -2.13. The number of carbonyl (C=O) groups excluding carboxylic acids is 2. The molecule has 0 fully saturated rings. The number of carbonyl (C=O) groups is 2. The number of hydrogen-bond acceptors (Lipinski definition) is 5. The van der Waals surface area contributed by atoms with Gasteiger partial charge in [-0.15, -0.1) is 11.3 Å². The number of rotatable bonds is 7. The Kier molecular flexibility index (Phi) is 6.67. The highest BCUT2D eigenvalue weighted by Crippen LogP contribution is 2.38. The first-order valence-corrected chi connectivity index (χ1v) is 11.5. The van der Waals surface area contributed by atoms with Crippen molar-refractivity contribution in [2.24, 2.45) is 5.73 Å². The zero-order valence-electron chi connectivity index (χ0n) is 17.6. The Balaban J connectivity index is 1.53. The van der Waals surface area contributed by atoms with Crippen LogP contribution < -0.4 is 20.5 Å². The van der Waals surface area contributed by atoms with Gasteiger partial charge in [0.25, 0.3) is 11.8 Å². The number of fused-ring (bicyclic) bond motifs is 1. The maximum absolute atomic E-state index is 12.9. The molecule has 3 N–H and O–H groups in total. The molecular weight excluding hydrogens is 448 g/mol. The molecule has 0 radical (unpaired) electrons. The summed E-state index contributed by atoms with van der Waals surface area (Å²) in [6.45, 7) is 0.268. The number of ether oxygens (including phenoxy) is 2. The van der Waals surface area contributed by atoms with E-state index in [9.17, 15) is 9.59 Å². The summed E-state index contributed by atoms with van der Waals surface area (Å²) < 4.78 is 11.3. The molecule has 1 aliphatic carbocycles. The minimum atomic E-state index is -0.513. The van der Waals surface area contributed by atoms with Crippen LogP contribution in [0.1, 0.15) is 49.6 Å². The third-order valence-corrected chi connectivity index (χ3v) is 6.99. The predicted octanol–water partition coefficient (Wildman–Crippen LogP) is 5.22. The van der Waals surface area contributed by atoms with Gasteiger partial charge in [0, 0.05) is 21.0 Å². The Morgan fingerprint density at radius 3 is 2.66 bits per heavy atom. The third-order valence-electron chi connectivity index (χ3n) is 5.41. The van der Waals surface area contributed by atoms with E-state index in [1.54, 1.807) is 24.3 Å². The minimum Gasteiger partial charge on any atom is -0.493 e. The fourth-order valence-electron chi connectivity index (χ4n) is 3.79. The first kappa shape index (κ1) is 22.2. The van der Waals surface area contributed by atoms with Gasteiger partial charge in [0.2, 0.25) is 0 Å².